The number of pyridine rings is 1. The summed E-state index contributed by atoms with van der Waals surface area (Å²) in [5.41, 5.74) is 0. The predicted octanol–water partition coefficient (Wildman–Crippen LogP) is 0.990. The number of rotatable bonds is 4. The van der Waals surface area contributed by atoms with Crippen molar-refractivity contribution in [3.8, 4) is 17.6 Å². The molecule has 0 aromatic carbocycles. The number of hydrogen-bond donors (Lipinski definition) is 1. The van der Waals surface area contributed by atoms with Crippen LogP contribution in [0.5, 0.6) is 5.75 Å². The van der Waals surface area contributed by atoms with Gasteiger partial charge in [0.05, 0.1) is 12.7 Å². The van der Waals surface area contributed by atoms with Gasteiger partial charge in [0.15, 0.2) is 0 Å². The molecule has 0 atom stereocenters. The molecule has 1 aromatic rings. The lowest BCUT2D eigenvalue weighted by Crippen LogP contribution is -2.24. The summed E-state index contributed by atoms with van der Waals surface area (Å²) in [6.07, 6.45) is 5.36. The number of aromatic nitrogens is 1. The Labute approximate surface area is 100 Å². The third kappa shape index (κ3) is 4.15. The first kappa shape index (κ1) is 11.5. The molecule has 4 heteroatoms. The van der Waals surface area contributed by atoms with E-state index in [4.69, 9.17) is 4.74 Å². The van der Waals surface area contributed by atoms with E-state index >= 15 is 0 Å². The molecule has 1 aromatic heterocycles. The Morgan fingerprint density at radius 2 is 2.41 bits per heavy atom. The Kier molecular flexibility index (Phi) is 3.98. The number of hydrogen-bond acceptors (Lipinski definition) is 3. The van der Waals surface area contributed by atoms with Crippen LogP contribution in [0.2, 0.25) is 0 Å². The highest BCUT2D eigenvalue weighted by Gasteiger charge is 2.28. The van der Waals surface area contributed by atoms with E-state index in [1.54, 1.807) is 18.5 Å². The number of amides is 1. The second-order valence-electron chi connectivity index (χ2n) is 3.82. The Morgan fingerprint density at radius 3 is 3.12 bits per heavy atom. The zero-order chi connectivity index (χ0) is 11.9. The van der Waals surface area contributed by atoms with Crippen LogP contribution in [0.15, 0.2) is 24.5 Å². The van der Waals surface area contributed by atoms with Crippen LogP contribution < -0.4 is 10.1 Å². The molecule has 88 valence electrons. The molecule has 0 unspecified atom stereocenters. The molecule has 0 bridgehead atoms. The van der Waals surface area contributed by atoms with Crippen LogP contribution in [0.1, 0.15) is 12.8 Å². The fourth-order valence-corrected chi connectivity index (χ4v) is 1.29. The van der Waals surface area contributed by atoms with Crippen LogP contribution in [0.25, 0.3) is 0 Å². The van der Waals surface area contributed by atoms with Crippen molar-refractivity contribution in [2.24, 2.45) is 5.92 Å². The SMILES string of the molecule is O=C(NCC#CCOc1cccnc1)C1CC1. The summed E-state index contributed by atoms with van der Waals surface area (Å²) in [5.74, 6) is 6.73. The van der Waals surface area contributed by atoms with Gasteiger partial charge >= 0.3 is 0 Å². The molecule has 0 saturated heterocycles. The Morgan fingerprint density at radius 1 is 1.53 bits per heavy atom. The fraction of sp³-hybridized carbons (Fsp3) is 0.385. The van der Waals surface area contributed by atoms with Gasteiger partial charge in [0, 0.05) is 12.1 Å². The van der Waals surface area contributed by atoms with Gasteiger partial charge in [0.2, 0.25) is 5.91 Å². The number of carbonyl (C=O) groups is 1. The lowest BCUT2D eigenvalue weighted by Gasteiger charge is -1.99. The Hall–Kier alpha value is -2.02. The molecule has 17 heavy (non-hydrogen) atoms. The third-order valence-corrected chi connectivity index (χ3v) is 2.37. The Balaban J connectivity index is 1.60. The average molecular weight is 230 g/mol. The van der Waals surface area contributed by atoms with Gasteiger partial charge in [-0.3, -0.25) is 9.78 Å². The second-order valence-corrected chi connectivity index (χ2v) is 3.82. The molecule has 1 N–H and O–H groups in total. The summed E-state index contributed by atoms with van der Waals surface area (Å²) < 4.78 is 5.32. The fourth-order valence-electron chi connectivity index (χ4n) is 1.29. The van der Waals surface area contributed by atoms with Crippen LogP contribution in [0, 0.1) is 17.8 Å². The molecule has 2 rings (SSSR count). The first-order valence-electron chi connectivity index (χ1n) is 5.62. The van der Waals surface area contributed by atoms with Gasteiger partial charge < -0.3 is 10.1 Å². The van der Waals surface area contributed by atoms with Gasteiger partial charge in [-0.1, -0.05) is 11.8 Å². The highest BCUT2D eigenvalue weighted by atomic mass is 16.5. The van der Waals surface area contributed by atoms with Crippen molar-refractivity contribution in [2.75, 3.05) is 13.2 Å². The molecule has 1 aliphatic rings. The van der Waals surface area contributed by atoms with Crippen molar-refractivity contribution in [1.29, 1.82) is 0 Å². The zero-order valence-corrected chi connectivity index (χ0v) is 9.48. The van der Waals surface area contributed by atoms with Gasteiger partial charge in [-0.05, 0) is 25.0 Å². The summed E-state index contributed by atoms with van der Waals surface area (Å²) >= 11 is 0. The molecule has 0 aliphatic heterocycles. The lowest BCUT2D eigenvalue weighted by atomic mass is 10.4. The van der Waals surface area contributed by atoms with Gasteiger partial charge in [-0.15, -0.1) is 0 Å². The average Bonchev–Trinajstić information content (AvgIpc) is 3.19. The number of ether oxygens (including phenoxy) is 1. The number of carbonyl (C=O) groups excluding carboxylic acids is 1. The van der Waals surface area contributed by atoms with E-state index in [1.807, 2.05) is 6.07 Å². The van der Waals surface area contributed by atoms with Crippen LogP contribution in [-0.2, 0) is 4.79 Å². The standard InChI is InChI=1S/C13H14N2O2/c16-13(11-5-6-11)15-8-1-2-9-17-12-4-3-7-14-10-12/h3-4,7,10-11H,5-6,8-9H2,(H,15,16). The molecule has 1 aliphatic carbocycles. The molecule has 1 amide bonds. The minimum Gasteiger partial charge on any atom is -0.479 e. The molecule has 0 spiro atoms. The highest BCUT2D eigenvalue weighted by Crippen LogP contribution is 2.28. The van der Waals surface area contributed by atoms with Crippen LogP contribution in [0.4, 0.5) is 0 Å². The van der Waals surface area contributed by atoms with Gasteiger partial charge in [0.25, 0.3) is 0 Å². The van der Waals surface area contributed by atoms with E-state index in [0.717, 1.165) is 12.8 Å². The van der Waals surface area contributed by atoms with Crippen LogP contribution in [0.3, 0.4) is 0 Å². The number of nitrogens with one attached hydrogen (secondary N) is 1. The summed E-state index contributed by atoms with van der Waals surface area (Å²) in [6, 6.07) is 3.63. The zero-order valence-electron chi connectivity index (χ0n) is 9.48. The summed E-state index contributed by atoms with van der Waals surface area (Å²) in [5, 5.41) is 2.76. The van der Waals surface area contributed by atoms with Crippen molar-refractivity contribution >= 4 is 5.91 Å². The van der Waals surface area contributed by atoms with Crippen molar-refractivity contribution < 1.29 is 9.53 Å². The second kappa shape index (κ2) is 5.90. The largest absolute Gasteiger partial charge is 0.479 e. The Bertz CT molecular complexity index is 430. The molecule has 1 heterocycles. The van der Waals surface area contributed by atoms with E-state index in [-0.39, 0.29) is 11.8 Å². The van der Waals surface area contributed by atoms with Crippen molar-refractivity contribution in [3.63, 3.8) is 0 Å². The van der Waals surface area contributed by atoms with E-state index in [9.17, 15) is 4.79 Å². The number of nitrogens with zero attached hydrogens (tertiary/aromatic N) is 1. The minimum absolute atomic E-state index is 0.118. The highest BCUT2D eigenvalue weighted by molar-refractivity contribution is 5.81. The minimum atomic E-state index is 0.118. The first-order valence-corrected chi connectivity index (χ1v) is 5.62. The monoisotopic (exact) mass is 230 g/mol. The topological polar surface area (TPSA) is 51.2 Å². The third-order valence-electron chi connectivity index (χ3n) is 2.37. The molecule has 4 nitrogen and oxygen atoms in total. The summed E-state index contributed by atoms with van der Waals surface area (Å²) in [4.78, 5) is 15.2. The molecule has 0 radical (unpaired) electrons. The van der Waals surface area contributed by atoms with Gasteiger partial charge in [0.1, 0.15) is 12.4 Å². The van der Waals surface area contributed by atoms with E-state index in [0.29, 0.717) is 18.9 Å². The molecule has 1 fully saturated rings. The van der Waals surface area contributed by atoms with Gasteiger partial charge in [-0.2, -0.15) is 0 Å². The van der Waals surface area contributed by atoms with Crippen molar-refractivity contribution in [1.82, 2.24) is 10.3 Å². The smallest absolute Gasteiger partial charge is 0.223 e. The van der Waals surface area contributed by atoms with E-state index in [2.05, 4.69) is 22.1 Å². The summed E-state index contributed by atoms with van der Waals surface area (Å²) in [7, 11) is 0. The quantitative estimate of drug-likeness (QED) is 0.785. The first-order chi connectivity index (χ1) is 8.36. The van der Waals surface area contributed by atoms with E-state index < -0.39 is 0 Å². The van der Waals surface area contributed by atoms with Crippen LogP contribution >= 0.6 is 0 Å². The lowest BCUT2D eigenvalue weighted by molar-refractivity contribution is -0.122. The van der Waals surface area contributed by atoms with Crippen LogP contribution in [-0.4, -0.2) is 24.0 Å². The van der Waals surface area contributed by atoms with E-state index in [1.165, 1.54) is 0 Å². The molecular weight excluding hydrogens is 216 g/mol. The normalized spacial score (nSPS) is 13.4. The maximum atomic E-state index is 11.2. The maximum Gasteiger partial charge on any atom is 0.223 e. The van der Waals surface area contributed by atoms with Crippen molar-refractivity contribution in [3.05, 3.63) is 24.5 Å². The summed E-state index contributed by atoms with van der Waals surface area (Å²) in [6.45, 7) is 0.705. The molecular formula is C13H14N2O2. The predicted molar refractivity (Wildman–Crippen MR) is 63.2 cm³/mol. The van der Waals surface area contributed by atoms with Gasteiger partial charge in [-0.25, -0.2) is 0 Å². The van der Waals surface area contributed by atoms with Crippen molar-refractivity contribution in [2.45, 2.75) is 12.8 Å². The maximum absolute atomic E-state index is 11.2. The molecule has 1 saturated carbocycles.